The number of furan rings is 2. The van der Waals surface area contributed by atoms with Crippen LogP contribution in [0, 0.1) is 0 Å². The number of aromatic nitrogens is 4. The topological polar surface area (TPSA) is 69.9 Å². The van der Waals surface area contributed by atoms with Crippen molar-refractivity contribution in [3.05, 3.63) is 231 Å². The minimum absolute atomic E-state index is 0.607. The number of hydrogen-bond acceptors (Lipinski definition) is 5. The monoisotopic (exact) mass is 882 g/mol. The molecule has 0 radical (unpaired) electrons. The van der Waals surface area contributed by atoms with Crippen molar-refractivity contribution in [2.45, 2.75) is 0 Å². The molecule has 0 aliphatic rings. The maximum absolute atomic E-state index is 6.87. The van der Waals surface area contributed by atoms with Gasteiger partial charge in [-0.1, -0.05) is 170 Å². The molecule has 322 valence electrons. The summed E-state index contributed by atoms with van der Waals surface area (Å²) in [6, 6.07) is 80.4. The third-order valence-corrected chi connectivity index (χ3v) is 13.5. The lowest BCUT2D eigenvalue weighted by Crippen LogP contribution is -2.00. The van der Waals surface area contributed by atoms with Crippen LogP contribution in [0.3, 0.4) is 0 Å². The summed E-state index contributed by atoms with van der Waals surface area (Å²) in [7, 11) is 0. The summed E-state index contributed by atoms with van der Waals surface area (Å²) in [4.78, 5) is 15.0. The number of para-hydroxylation sites is 2. The minimum atomic E-state index is 0.607. The summed E-state index contributed by atoms with van der Waals surface area (Å²) in [5, 5.41) is 6.60. The molecule has 0 atom stereocenters. The molecule has 0 aliphatic heterocycles. The first-order chi connectivity index (χ1) is 34.2. The van der Waals surface area contributed by atoms with Gasteiger partial charge in [-0.3, -0.25) is 0 Å². The van der Waals surface area contributed by atoms with Crippen LogP contribution >= 0.6 is 0 Å². The number of rotatable bonds is 7. The van der Waals surface area contributed by atoms with Crippen molar-refractivity contribution >= 4 is 65.7 Å². The number of nitrogens with zero attached hydrogens (tertiary/aromatic N) is 4. The van der Waals surface area contributed by atoms with E-state index in [2.05, 4.69) is 168 Å². The molecule has 10 aromatic carbocycles. The summed E-state index contributed by atoms with van der Waals surface area (Å²) in [6.45, 7) is 0. The van der Waals surface area contributed by atoms with Crippen LogP contribution in [-0.4, -0.2) is 19.5 Å². The highest BCUT2D eigenvalue weighted by Gasteiger charge is 2.23. The van der Waals surface area contributed by atoms with Crippen molar-refractivity contribution in [2.24, 2.45) is 0 Å². The molecule has 0 aliphatic carbocycles. The van der Waals surface area contributed by atoms with Crippen LogP contribution < -0.4 is 0 Å². The lowest BCUT2D eigenvalue weighted by atomic mass is 9.94. The van der Waals surface area contributed by atoms with Crippen LogP contribution in [0.1, 0.15) is 0 Å². The van der Waals surface area contributed by atoms with Crippen molar-refractivity contribution in [2.75, 3.05) is 0 Å². The number of hydrogen-bond donors (Lipinski definition) is 0. The normalized spacial score (nSPS) is 11.8. The van der Waals surface area contributed by atoms with Crippen LogP contribution in [0.15, 0.2) is 239 Å². The third kappa shape index (κ3) is 6.38. The molecule has 4 aromatic heterocycles. The van der Waals surface area contributed by atoms with Gasteiger partial charge in [0.25, 0.3) is 0 Å². The number of fused-ring (bicyclic) bond motifs is 9. The van der Waals surface area contributed by atoms with E-state index in [-0.39, 0.29) is 0 Å². The molecule has 0 fully saturated rings. The van der Waals surface area contributed by atoms with Crippen molar-refractivity contribution < 1.29 is 8.83 Å². The Labute approximate surface area is 396 Å². The SMILES string of the molecule is c1ccc(-c2ccc3c(c2)c2ccccc2n3-c2ccc3oc4ccccc4c3c2-c2ccc3c(c2)oc2cccc(-c4cccc(-c5nc(-c6ccccc6)nc(-c6ccccc6)n5)c4)c23)cc1. The van der Waals surface area contributed by atoms with Crippen LogP contribution in [0.2, 0.25) is 0 Å². The average molecular weight is 883 g/mol. The Kier molecular flexibility index (Phi) is 8.79. The van der Waals surface area contributed by atoms with Gasteiger partial charge < -0.3 is 13.4 Å². The fourth-order valence-corrected chi connectivity index (χ4v) is 10.3. The first-order valence-corrected chi connectivity index (χ1v) is 23.2. The Morgan fingerprint density at radius 3 is 1.61 bits per heavy atom. The van der Waals surface area contributed by atoms with Crippen LogP contribution in [0.25, 0.3) is 139 Å². The van der Waals surface area contributed by atoms with E-state index >= 15 is 0 Å². The Hall–Kier alpha value is -9.39. The van der Waals surface area contributed by atoms with Crippen LogP contribution in [0.5, 0.6) is 0 Å². The Bertz CT molecular complexity index is 4250. The predicted molar refractivity (Wildman–Crippen MR) is 281 cm³/mol. The summed E-state index contributed by atoms with van der Waals surface area (Å²) in [5.74, 6) is 1.86. The molecule has 4 heterocycles. The highest BCUT2D eigenvalue weighted by atomic mass is 16.3. The smallest absolute Gasteiger partial charge is 0.164 e. The van der Waals surface area contributed by atoms with Gasteiger partial charge in [0.15, 0.2) is 17.5 Å². The van der Waals surface area contributed by atoms with Gasteiger partial charge in [0, 0.05) is 54.6 Å². The molecular weight excluding hydrogens is 845 g/mol. The van der Waals surface area contributed by atoms with Crippen molar-refractivity contribution in [3.8, 4) is 73.2 Å². The molecule has 6 heteroatoms. The average Bonchev–Trinajstić information content (AvgIpc) is 4.10. The Morgan fingerprint density at radius 1 is 0.290 bits per heavy atom. The van der Waals surface area contributed by atoms with Gasteiger partial charge in [0.2, 0.25) is 0 Å². The van der Waals surface area contributed by atoms with E-state index < -0.39 is 0 Å². The third-order valence-electron chi connectivity index (χ3n) is 13.5. The van der Waals surface area contributed by atoms with E-state index in [1.165, 1.54) is 21.9 Å². The first kappa shape index (κ1) is 38.8. The van der Waals surface area contributed by atoms with E-state index in [0.29, 0.717) is 17.5 Å². The Morgan fingerprint density at radius 2 is 0.841 bits per heavy atom. The molecule has 14 aromatic rings. The quantitative estimate of drug-likeness (QED) is 0.159. The molecule has 0 saturated heterocycles. The second-order valence-electron chi connectivity index (χ2n) is 17.5. The highest BCUT2D eigenvalue weighted by Crippen LogP contribution is 2.46. The lowest BCUT2D eigenvalue weighted by molar-refractivity contribution is 0.668. The fraction of sp³-hybridized carbons (Fsp3) is 0. The van der Waals surface area contributed by atoms with E-state index in [4.69, 9.17) is 23.8 Å². The molecule has 14 rings (SSSR count). The summed E-state index contributed by atoms with van der Waals surface area (Å²) in [5.41, 5.74) is 15.9. The zero-order valence-electron chi connectivity index (χ0n) is 37.0. The van der Waals surface area contributed by atoms with E-state index in [1.807, 2.05) is 66.7 Å². The Balaban J connectivity index is 0.944. The predicted octanol–water partition coefficient (Wildman–Crippen LogP) is 16.8. The summed E-state index contributed by atoms with van der Waals surface area (Å²) >= 11 is 0. The van der Waals surface area contributed by atoms with Crippen molar-refractivity contribution in [3.63, 3.8) is 0 Å². The van der Waals surface area contributed by atoms with E-state index in [0.717, 1.165) is 99.5 Å². The first-order valence-electron chi connectivity index (χ1n) is 23.2. The van der Waals surface area contributed by atoms with Gasteiger partial charge in [-0.2, -0.15) is 0 Å². The van der Waals surface area contributed by atoms with Gasteiger partial charge in [-0.15, -0.1) is 0 Å². The van der Waals surface area contributed by atoms with Crippen molar-refractivity contribution in [1.82, 2.24) is 19.5 Å². The molecule has 6 nitrogen and oxygen atoms in total. The molecule has 0 amide bonds. The molecule has 0 bridgehead atoms. The summed E-state index contributed by atoms with van der Waals surface area (Å²) in [6.07, 6.45) is 0. The van der Waals surface area contributed by atoms with Gasteiger partial charge in [0.05, 0.1) is 16.7 Å². The standard InChI is InChI=1S/C63H38N4O2/c1-4-16-39(17-5-1)42-31-33-52-50(37-42)47-24-10-12-27-51(47)67(52)53-34-35-56-60(48-25-11-13-28-54(48)68-56)58(53)44-30-32-49-57(38-44)69-55-29-15-26-46(59(49)55)43-22-14-23-45(36-43)63-65-61(40-18-6-2-7-19-40)64-62(66-63)41-20-8-3-9-21-41/h1-38H. The zero-order chi connectivity index (χ0) is 45.4. The maximum Gasteiger partial charge on any atom is 0.164 e. The van der Waals surface area contributed by atoms with E-state index in [1.54, 1.807) is 0 Å². The number of benzene rings is 10. The molecule has 69 heavy (non-hydrogen) atoms. The van der Waals surface area contributed by atoms with E-state index in [9.17, 15) is 0 Å². The van der Waals surface area contributed by atoms with Gasteiger partial charge in [0.1, 0.15) is 22.3 Å². The van der Waals surface area contributed by atoms with Crippen molar-refractivity contribution in [1.29, 1.82) is 0 Å². The maximum atomic E-state index is 6.87. The summed E-state index contributed by atoms with van der Waals surface area (Å²) < 4.78 is 15.9. The van der Waals surface area contributed by atoms with Gasteiger partial charge >= 0.3 is 0 Å². The van der Waals surface area contributed by atoms with Gasteiger partial charge in [-0.25, -0.2) is 15.0 Å². The van der Waals surface area contributed by atoms with Crippen LogP contribution in [0.4, 0.5) is 0 Å². The second kappa shape index (κ2) is 15.6. The molecule has 0 saturated carbocycles. The lowest BCUT2D eigenvalue weighted by Gasteiger charge is -2.16. The molecular formula is C63H38N4O2. The zero-order valence-corrected chi connectivity index (χ0v) is 37.0. The van der Waals surface area contributed by atoms with Crippen LogP contribution in [-0.2, 0) is 0 Å². The van der Waals surface area contributed by atoms with Gasteiger partial charge in [-0.05, 0) is 88.5 Å². The molecule has 0 N–H and O–H groups in total. The molecule has 0 unspecified atom stereocenters. The fourth-order valence-electron chi connectivity index (χ4n) is 10.3. The second-order valence-corrected chi connectivity index (χ2v) is 17.5. The largest absolute Gasteiger partial charge is 0.456 e. The molecule has 0 spiro atoms. The minimum Gasteiger partial charge on any atom is -0.456 e. The highest BCUT2D eigenvalue weighted by molar-refractivity contribution is 6.18.